The molecule has 6 N–H and O–H groups in total. The zero-order valence-electron chi connectivity index (χ0n) is 30.7. The third-order valence-electron chi connectivity index (χ3n) is 10.5. The summed E-state index contributed by atoms with van der Waals surface area (Å²) in [6.45, 7) is 5.79. The van der Waals surface area contributed by atoms with E-state index in [2.05, 4.69) is 37.3 Å². The van der Waals surface area contributed by atoms with E-state index < -0.39 is 17.8 Å². The molecule has 0 bridgehead atoms. The molecule has 4 aliphatic rings. The second-order valence-electron chi connectivity index (χ2n) is 14.0. The number of benzene rings is 2. The Morgan fingerprint density at radius 1 is 0.764 bits per heavy atom. The number of fused-ring (bicyclic) bond motifs is 2. The van der Waals surface area contributed by atoms with Crippen LogP contribution in [0.2, 0.25) is 0 Å². The Labute approximate surface area is 333 Å². The van der Waals surface area contributed by atoms with E-state index in [1.807, 2.05) is 24.3 Å². The van der Waals surface area contributed by atoms with Gasteiger partial charge in [0.1, 0.15) is 29.1 Å². The SMILES string of the molecule is CCOC(=O)C1Cc2c(C3CCCNC3)cc(-c3ccccc3O)nc2NC1=O.Cl.Cl.O=C1CCc2c(C3CCCNC3)cc(-c3ccccc3O)nc2N1. The molecule has 3 atom stereocenters. The highest BCUT2D eigenvalue weighted by molar-refractivity contribution is 6.07. The van der Waals surface area contributed by atoms with E-state index in [4.69, 9.17) is 4.74 Å². The molecule has 2 amide bonds. The van der Waals surface area contributed by atoms with Gasteiger partial charge in [-0.3, -0.25) is 14.4 Å². The molecular formula is C41H48Cl2N6O6. The van der Waals surface area contributed by atoms with Crippen LogP contribution in [-0.2, 0) is 32.0 Å². The van der Waals surface area contributed by atoms with Crippen molar-refractivity contribution in [1.29, 1.82) is 0 Å². The summed E-state index contributed by atoms with van der Waals surface area (Å²) in [5, 5.41) is 33.1. The predicted molar refractivity (Wildman–Crippen MR) is 216 cm³/mol. The number of hydrogen-bond acceptors (Lipinski definition) is 10. The molecule has 2 fully saturated rings. The summed E-state index contributed by atoms with van der Waals surface area (Å²) in [4.78, 5) is 45.9. The van der Waals surface area contributed by atoms with Crippen molar-refractivity contribution >= 4 is 54.2 Å². The van der Waals surface area contributed by atoms with Gasteiger partial charge < -0.3 is 36.2 Å². The van der Waals surface area contributed by atoms with Crippen molar-refractivity contribution in [3.05, 3.63) is 82.9 Å². The van der Waals surface area contributed by atoms with Crippen molar-refractivity contribution in [2.75, 3.05) is 43.4 Å². The van der Waals surface area contributed by atoms with Crippen molar-refractivity contribution in [2.45, 2.75) is 63.7 Å². The van der Waals surface area contributed by atoms with E-state index in [1.54, 1.807) is 37.3 Å². The molecule has 2 aromatic carbocycles. The second kappa shape index (κ2) is 18.7. The van der Waals surface area contributed by atoms with Crippen LogP contribution in [0.4, 0.5) is 11.6 Å². The number of carbonyl (C=O) groups excluding carboxylic acids is 3. The van der Waals surface area contributed by atoms with Crippen molar-refractivity contribution in [2.24, 2.45) is 5.92 Å². The zero-order valence-corrected chi connectivity index (χ0v) is 32.4. The molecule has 8 rings (SSSR count). The van der Waals surface area contributed by atoms with Gasteiger partial charge in [0.05, 0.1) is 18.0 Å². The van der Waals surface area contributed by atoms with Gasteiger partial charge in [0, 0.05) is 30.6 Å². The first-order valence-corrected chi connectivity index (χ1v) is 18.6. The normalized spacial score (nSPS) is 20.1. The van der Waals surface area contributed by atoms with Gasteiger partial charge in [-0.15, -0.1) is 24.8 Å². The Balaban J connectivity index is 0.000000207. The number of para-hydroxylation sites is 2. The van der Waals surface area contributed by atoms with Crippen molar-refractivity contribution in [3.63, 3.8) is 0 Å². The average Bonchev–Trinajstić information content (AvgIpc) is 3.18. The lowest BCUT2D eigenvalue weighted by atomic mass is 9.83. The first-order chi connectivity index (χ1) is 25.8. The van der Waals surface area contributed by atoms with Gasteiger partial charge in [0.15, 0.2) is 0 Å². The number of anilines is 2. The van der Waals surface area contributed by atoms with E-state index in [9.17, 15) is 24.6 Å². The molecule has 6 heterocycles. The summed E-state index contributed by atoms with van der Waals surface area (Å²) in [5.74, 6) is 0.396. The number of carbonyl (C=O) groups is 3. The Bertz CT molecular complexity index is 2020. The number of aromatic nitrogens is 2. The van der Waals surface area contributed by atoms with Gasteiger partial charge in [0.2, 0.25) is 11.8 Å². The molecule has 0 aliphatic carbocycles. The number of rotatable bonds is 6. The Kier molecular flexibility index (Phi) is 14.1. The first-order valence-electron chi connectivity index (χ1n) is 18.6. The summed E-state index contributed by atoms with van der Waals surface area (Å²) in [6, 6.07) is 18.3. The second-order valence-corrected chi connectivity index (χ2v) is 14.0. The monoisotopic (exact) mass is 790 g/mol. The van der Waals surface area contributed by atoms with Crippen LogP contribution in [0.5, 0.6) is 11.5 Å². The molecule has 2 aromatic heterocycles. The highest BCUT2D eigenvalue weighted by Crippen LogP contribution is 2.40. The number of halogens is 2. The maximum absolute atomic E-state index is 12.6. The van der Waals surface area contributed by atoms with Crippen LogP contribution in [0, 0.1) is 5.92 Å². The van der Waals surface area contributed by atoms with Gasteiger partial charge in [-0.1, -0.05) is 24.3 Å². The van der Waals surface area contributed by atoms with Crippen LogP contribution < -0.4 is 21.3 Å². The number of hydrogen-bond donors (Lipinski definition) is 6. The number of esters is 1. The average molecular weight is 792 g/mol. The number of nitrogens with one attached hydrogen (secondary N) is 4. The van der Waals surface area contributed by atoms with Crippen LogP contribution in [0.1, 0.15) is 73.1 Å². The molecule has 14 heteroatoms. The standard InChI is InChI=1S/C22H25N3O4.C19H21N3O2.2ClH/c1-2-29-22(28)17-10-16-15(13-6-5-9-23-12-13)11-18(24-20(16)25-21(17)27)14-7-3-4-8-19(14)26;23-17-6-2-1-5-14(17)16-10-15(12-4-3-9-20-11-12)13-7-8-18(24)22-19(13)21-16;;/h3-4,7-8,11,13,17,23,26H,2,5-6,9-10,12H2,1H3,(H,24,25,27);1-2,5-6,10,12,20,23H,3-4,7-9,11H2,(H,21,22,24);2*1H. The van der Waals surface area contributed by atoms with Gasteiger partial charge in [-0.2, -0.15) is 0 Å². The minimum atomic E-state index is -0.865. The van der Waals surface area contributed by atoms with Crippen LogP contribution in [-0.4, -0.2) is 70.8 Å². The van der Waals surface area contributed by atoms with Gasteiger partial charge in [0.25, 0.3) is 0 Å². The Hall–Kier alpha value is -4.75. The third kappa shape index (κ3) is 9.21. The lowest BCUT2D eigenvalue weighted by molar-refractivity contribution is -0.151. The largest absolute Gasteiger partial charge is 0.507 e. The lowest BCUT2D eigenvalue weighted by Gasteiger charge is -2.30. The van der Waals surface area contributed by atoms with Crippen molar-refractivity contribution in [1.82, 2.24) is 20.6 Å². The smallest absolute Gasteiger partial charge is 0.318 e. The minimum Gasteiger partial charge on any atom is -0.507 e. The molecule has 0 spiro atoms. The minimum absolute atomic E-state index is 0. The number of pyridine rings is 2. The Morgan fingerprint density at radius 2 is 1.29 bits per heavy atom. The summed E-state index contributed by atoms with van der Waals surface area (Å²) >= 11 is 0. The molecule has 292 valence electrons. The summed E-state index contributed by atoms with van der Waals surface area (Å²) in [7, 11) is 0. The summed E-state index contributed by atoms with van der Waals surface area (Å²) < 4.78 is 5.10. The molecule has 0 saturated carbocycles. The molecular weight excluding hydrogens is 743 g/mol. The molecule has 4 aromatic rings. The fourth-order valence-corrected chi connectivity index (χ4v) is 7.85. The maximum Gasteiger partial charge on any atom is 0.318 e. The van der Waals surface area contributed by atoms with Gasteiger partial charge in [-0.05, 0) is 129 Å². The quantitative estimate of drug-likeness (QED) is 0.0969. The fraction of sp³-hybridized carbons (Fsp3) is 0.390. The molecule has 4 aliphatic heterocycles. The fourth-order valence-electron chi connectivity index (χ4n) is 7.85. The van der Waals surface area contributed by atoms with Crippen LogP contribution in [0.15, 0.2) is 60.7 Å². The van der Waals surface area contributed by atoms with Crippen LogP contribution in [0.25, 0.3) is 22.5 Å². The number of aromatic hydroxyl groups is 2. The number of nitrogens with zero attached hydrogens (tertiary/aromatic N) is 2. The zero-order chi connectivity index (χ0) is 36.9. The van der Waals surface area contributed by atoms with Crippen molar-refractivity contribution in [3.8, 4) is 34.0 Å². The summed E-state index contributed by atoms with van der Waals surface area (Å²) in [5.41, 5.74) is 7.00. The number of phenols is 2. The van der Waals surface area contributed by atoms with E-state index in [0.717, 1.165) is 80.7 Å². The lowest BCUT2D eigenvalue weighted by Crippen LogP contribution is -2.38. The number of piperidine rings is 2. The van der Waals surface area contributed by atoms with Crippen LogP contribution in [0.3, 0.4) is 0 Å². The van der Waals surface area contributed by atoms with E-state index in [1.165, 1.54) is 5.56 Å². The maximum atomic E-state index is 12.6. The predicted octanol–water partition coefficient (Wildman–Crippen LogP) is 6.24. The molecule has 0 radical (unpaired) electrons. The van der Waals surface area contributed by atoms with E-state index in [0.29, 0.717) is 40.8 Å². The van der Waals surface area contributed by atoms with Gasteiger partial charge >= 0.3 is 5.97 Å². The molecule has 2 saturated heterocycles. The van der Waals surface area contributed by atoms with Gasteiger partial charge in [-0.25, -0.2) is 9.97 Å². The third-order valence-corrected chi connectivity index (χ3v) is 10.5. The van der Waals surface area contributed by atoms with E-state index in [-0.39, 0.29) is 61.2 Å². The first kappa shape index (κ1) is 41.4. The topological polar surface area (TPSA) is 175 Å². The van der Waals surface area contributed by atoms with Crippen LogP contribution >= 0.6 is 24.8 Å². The number of phenolic OH excluding ortho intramolecular Hbond substituents is 2. The molecule has 12 nitrogen and oxygen atoms in total. The number of amides is 2. The van der Waals surface area contributed by atoms with Crippen molar-refractivity contribution < 1.29 is 29.3 Å². The summed E-state index contributed by atoms with van der Waals surface area (Å²) in [6.07, 6.45) is 5.89. The molecule has 55 heavy (non-hydrogen) atoms. The highest BCUT2D eigenvalue weighted by Gasteiger charge is 2.37. The molecule has 3 unspecified atom stereocenters. The highest BCUT2D eigenvalue weighted by atomic mass is 35.5. The number of ether oxygens (including phenoxy) is 1. The van der Waals surface area contributed by atoms with E-state index >= 15 is 0 Å². The Morgan fingerprint density at radius 3 is 1.80 bits per heavy atom.